The number of benzene rings is 1. The van der Waals surface area contributed by atoms with Crippen molar-refractivity contribution in [1.29, 1.82) is 0 Å². The van der Waals surface area contributed by atoms with E-state index in [1.54, 1.807) is 32.5 Å². The van der Waals surface area contributed by atoms with Crippen molar-refractivity contribution in [3.63, 3.8) is 0 Å². The van der Waals surface area contributed by atoms with Crippen molar-refractivity contribution in [2.75, 3.05) is 14.2 Å². The van der Waals surface area contributed by atoms with E-state index in [1.165, 1.54) is 0 Å². The number of rotatable bonds is 6. The summed E-state index contributed by atoms with van der Waals surface area (Å²) in [5, 5.41) is 9.36. The second-order valence-electron chi connectivity index (χ2n) is 4.17. The lowest BCUT2D eigenvalue weighted by molar-refractivity contribution is 0.252. The third-order valence-corrected chi connectivity index (χ3v) is 3.56. The van der Waals surface area contributed by atoms with Gasteiger partial charge in [-0.15, -0.1) is 0 Å². The van der Waals surface area contributed by atoms with Gasteiger partial charge in [-0.3, -0.25) is 4.98 Å². The van der Waals surface area contributed by atoms with Crippen molar-refractivity contribution in [3.8, 4) is 17.2 Å². The summed E-state index contributed by atoms with van der Waals surface area (Å²) in [4.78, 5) is 4.25. The molecule has 0 amide bonds. The highest BCUT2D eigenvalue weighted by atomic mass is 79.9. The van der Waals surface area contributed by atoms with Crippen LogP contribution in [0.25, 0.3) is 0 Å². The van der Waals surface area contributed by atoms with Crippen molar-refractivity contribution in [3.05, 3.63) is 46.2 Å². The Morgan fingerprint density at radius 1 is 1.14 bits per heavy atom. The van der Waals surface area contributed by atoms with Gasteiger partial charge >= 0.3 is 0 Å². The molecule has 0 spiro atoms. The van der Waals surface area contributed by atoms with Crippen molar-refractivity contribution < 1.29 is 19.3 Å². The van der Waals surface area contributed by atoms with Gasteiger partial charge in [-0.2, -0.15) is 0 Å². The maximum absolute atomic E-state index is 9.36. The van der Waals surface area contributed by atoms with Crippen LogP contribution < -0.4 is 14.2 Å². The number of ether oxygens (including phenoxy) is 3. The fraction of sp³-hybridized carbons (Fsp3) is 0.267. The van der Waals surface area contributed by atoms with Crippen LogP contribution in [0.2, 0.25) is 0 Å². The van der Waals surface area contributed by atoms with Gasteiger partial charge in [-0.05, 0) is 22.0 Å². The van der Waals surface area contributed by atoms with Crippen LogP contribution in [0.15, 0.2) is 34.9 Å². The first-order valence-electron chi connectivity index (χ1n) is 6.28. The first kappa shape index (κ1) is 15.6. The zero-order chi connectivity index (χ0) is 15.2. The summed E-state index contributed by atoms with van der Waals surface area (Å²) in [6.07, 6.45) is 1.63. The molecular weight excluding hydrogens is 338 g/mol. The molecule has 1 aromatic carbocycles. The van der Waals surface area contributed by atoms with Crippen LogP contribution in [0.4, 0.5) is 0 Å². The number of hydrogen-bond acceptors (Lipinski definition) is 5. The molecule has 1 heterocycles. The van der Waals surface area contributed by atoms with Crippen LogP contribution in [0.1, 0.15) is 11.3 Å². The first-order chi connectivity index (χ1) is 10.2. The van der Waals surface area contributed by atoms with E-state index in [4.69, 9.17) is 14.2 Å². The van der Waals surface area contributed by atoms with E-state index in [0.29, 0.717) is 28.5 Å². The molecule has 1 aromatic heterocycles. The lowest BCUT2D eigenvalue weighted by atomic mass is 10.2. The molecule has 0 aliphatic carbocycles. The second kappa shape index (κ2) is 7.28. The predicted molar refractivity (Wildman–Crippen MR) is 81.7 cm³/mol. The van der Waals surface area contributed by atoms with Gasteiger partial charge in [0.15, 0.2) is 11.5 Å². The van der Waals surface area contributed by atoms with E-state index in [-0.39, 0.29) is 13.2 Å². The highest BCUT2D eigenvalue weighted by Gasteiger charge is 2.13. The summed E-state index contributed by atoms with van der Waals surface area (Å²) in [7, 11) is 3.13. The average molecular weight is 354 g/mol. The van der Waals surface area contributed by atoms with Crippen LogP contribution in [0.3, 0.4) is 0 Å². The van der Waals surface area contributed by atoms with E-state index in [2.05, 4.69) is 20.9 Å². The van der Waals surface area contributed by atoms with Crippen LogP contribution in [0.5, 0.6) is 17.2 Å². The summed E-state index contributed by atoms with van der Waals surface area (Å²) < 4.78 is 17.1. The van der Waals surface area contributed by atoms with Crippen LogP contribution in [-0.2, 0) is 13.2 Å². The maximum Gasteiger partial charge on any atom is 0.185 e. The van der Waals surface area contributed by atoms with Gasteiger partial charge in [0.2, 0.25) is 0 Å². The fourth-order valence-corrected chi connectivity index (χ4v) is 2.46. The number of halogens is 1. The van der Waals surface area contributed by atoms with Gasteiger partial charge in [0.05, 0.1) is 25.3 Å². The Hall–Kier alpha value is -1.79. The third-order valence-electron chi connectivity index (χ3n) is 2.94. The standard InChI is InChI=1S/C15H16BrNO4/c1-19-13-6-7-17-12(15(13)20-2)9-21-14-10(8-18)4-3-5-11(14)16/h3-7,18H,8-9H2,1-2H3. The molecule has 0 fully saturated rings. The topological polar surface area (TPSA) is 60.8 Å². The van der Waals surface area contributed by atoms with Gasteiger partial charge < -0.3 is 19.3 Å². The normalized spacial score (nSPS) is 10.3. The molecule has 0 radical (unpaired) electrons. The van der Waals surface area contributed by atoms with E-state index in [1.807, 2.05) is 12.1 Å². The van der Waals surface area contributed by atoms with Gasteiger partial charge in [0.25, 0.3) is 0 Å². The molecule has 0 saturated carbocycles. The zero-order valence-electron chi connectivity index (χ0n) is 11.8. The number of hydrogen-bond donors (Lipinski definition) is 1. The molecule has 0 atom stereocenters. The minimum absolute atomic E-state index is 0.0998. The Morgan fingerprint density at radius 2 is 1.95 bits per heavy atom. The Bertz CT molecular complexity index is 619. The number of para-hydroxylation sites is 1. The van der Waals surface area contributed by atoms with Crippen LogP contribution >= 0.6 is 15.9 Å². The number of nitrogens with zero attached hydrogens (tertiary/aromatic N) is 1. The minimum Gasteiger partial charge on any atom is -0.493 e. The van der Waals surface area contributed by atoms with E-state index in [0.717, 1.165) is 4.47 Å². The third kappa shape index (κ3) is 3.46. The molecule has 6 heteroatoms. The lowest BCUT2D eigenvalue weighted by Crippen LogP contribution is -2.04. The quantitative estimate of drug-likeness (QED) is 0.864. The second-order valence-corrected chi connectivity index (χ2v) is 5.02. The Balaban J connectivity index is 2.25. The fourth-order valence-electron chi connectivity index (χ4n) is 1.93. The Labute approximate surface area is 131 Å². The molecule has 0 unspecified atom stereocenters. The van der Waals surface area contributed by atoms with Gasteiger partial charge in [0, 0.05) is 17.8 Å². The van der Waals surface area contributed by atoms with Gasteiger partial charge in [-0.1, -0.05) is 12.1 Å². The molecule has 2 rings (SSSR count). The molecular formula is C15H16BrNO4. The SMILES string of the molecule is COc1ccnc(COc2c(Br)cccc2CO)c1OC. The average Bonchev–Trinajstić information content (AvgIpc) is 2.52. The summed E-state index contributed by atoms with van der Waals surface area (Å²) in [6.45, 7) is 0.105. The number of aliphatic hydroxyl groups excluding tert-OH is 1. The number of aliphatic hydroxyl groups is 1. The van der Waals surface area contributed by atoms with Crippen molar-refractivity contribution in [1.82, 2.24) is 4.98 Å². The predicted octanol–water partition coefficient (Wildman–Crippen LogP) is 2.93. The smallest absolute Gasteiger partial charge is 0.185 e. The van der Waals surface area contributed by atoms with Crippen molar-refractivity contribution in [2.45, 2.75) is 13.2 Å². The van der Waals surface area contributed by atoms with Crippen molar-refractivity contribution >= 4 is 15.9 Å². The van der Waals surface area contributed by atoms with Crippen LogP contribution in [-0.4, -0.2) is 24.3 Å². The molecule has 0 aliphatic heterocycles. The first-order valence-corrected chi connectivity index (χ1v) is 7.07. The Morgan fingerprint density at radius 3 is 2.62 bits per heavy atom. The van der Waals surface area contributed by atoms with E-state index >= 15 is 0 Å². The number of methoxy groups -OCH3 is 2. The molecule has 2 aromatic rings. The molecule has 21 heavy (non-hydrogen) atoms. The molecule has 0 bridgehead atoms. The molecule has 112 valence electrons. The summed E-state index contributed by atoms with van der Waals surface area (Å²) >= 11 is 3.41. The van der Waals surface area contributed by atoms with Gasteiger partial charge in [0.1, 0.15) is 18.1 Å². The largest absolute Gasteiger partial charge is 0.493 e. The Kier molecular flexibility index (Phi) is 5.41. The van der Waals surface area contributed by atoms with E-state index < -0.39 is 0 Å². The monoisotopic (exact) mass is 353 g/mol. The van der Waals surface area contributed by atoms with Crippen molar-refractivity contribution in [2.24, 2.45) is 0 Å². The summed E-state index contributed by atoms with van der Waals surface area (Å²) in [6, 6.07) is 7.22. The minimum atomic E-state index is -0.0998. The molecule has 0 saturated heterocycles. The van der Waals surface area contributed by atoms with E-state index in [9.17, 15) is 5.11 Å². The summed E-state index contributed by atoms with van der Waals surface area (Å²) in [5.41, 5.74) is 1.32. The summed E-state index contributed by atoms with van der Waals surface area (Å²) in [5.74, 6) is 1.73. The molecule has 5 nitrogen and oxygen atoms in total. The van der Waals surface area contributed by atoms with Crippen LogP contribution in [0, 0.1) is 0 Å². The van der Waals surface area contributed by atoms with Gasteiger partial charge in [-0.25, -0.2) is 0 Å². The highest BCUT2D eigenvalue weighted by Crippen LogP contribution is 2.33. The highest BCUT2D eigenvalue weighted by molar-refractivity contribution is 9.10. The molecule has 0 aliphatic rings. The number of pyridine rings is 1. The zero-order valence-corrected chi connectivity index (χ0v) is 13.4. The lowest BCUT2D eigenvalue weighted by Gasteiger charge is -2.14. The maximum atomic E-state index is 9.36. The molecule has 1 N–H and O–H groups in total. The number of aromatic nitrogens is 1.